The number of carbonyl (C=O) groups is 1. The number of ether oxygens (including phenoxy) is 2. The van der Waals surface area contributed by atoms with E-state index in [4.69, 9.17) is 9.47 Å². The van der Waals surface area contributed by atoms with E-state index in [0.29, 0.717) is 0 Å². The van der Waals surface area contributed by atoms with Crippen molar-refractivity contribution in [3.05, 3.63) is 57.2 Å². The molecule has 1 fully saturated rings. The first-order chi connectivity index (χ1) is 19.1. The van der Waals surface area contributed by atoms with Crippen molar-refractivity contribution in [3.63, 3.8) is 0 Å². The lowest BCUT2D eigenvalue weighted by molar-refractivity contribution is -0.125. The maximum Gasteiger partial charge on any atom is 0.330 e. The lowest BCUT2D eigenvalue weighted by atomic mass is 9.94. The van der Waals surface area contributed by atoms with Crippen molar-refractivity contribution in [2.75, 3.05) is 0 Å². The molecule has 224 valence electrons. The summed E-state index contributed by atoms with van der Waals surface area (Å²) >= 11 is 0. The molecule has 3 rings (SSSR count). The lowest BCUT2D eigenvalue weighted by Gasteiger charge is -2.34. The van der Waals surface area contributed by atoms with Gasteiger partial charge in [-0.25, -0.2) is 4.79 Å². The Morgan fingerprint density at radius 2 is 1.77 bits per heavy atom. The zero-order valence-corrected chi connectivity index (χ0v) is 22.6. The van der Waals surface area contributed by atoms with Gasteiger partial charge in [0, 0.05) is 18.7 Å². The zero-order valence-electron chi connectivity index (χ0n) is 22.6. The minimum Gasteiger partial charge on any atom is -0.493 e. The van der Waals surface area contributed by atoms with Crippen molar-refractivity contribution >= 4 is 5.91 Å². The minimum atomic E-state index is -1.61. The Hall–Kier alpha value is -2.81. The molecule has 1 aromatic rings. The van der Waals surface area contributed by atoms with Gasteiger partial charge in [0.15, 0.2) is 6.23 Å². The van der Waals surface area contributed by atoms with Crippen LogP contribution in [0.4, 0.5) is 0 Å². The fourth-order valence-corrected chi connectivity index (χ4v) is 4.82. The van der Waals surface area contributed by atoms with Gasteiger partial charge in [0.25, 0.3) is 5.56 Å². The van der Waals surface area contributed by atoms with E-state index >= 15 is 0 Å². The van der Waals surface area contributed by atoms with Crippen LogP contribution in [0, 0.1) is 0 Å². The molecule has 0 aliphatic carbocycles. The fourth-order valence-electron chi connectivity index (χ4n) is 4.82. The molecule has 1 saturated heterocycles. The summed E-state index contributed by atoms with van der Waals surface area (Å²) in [5.41, 5.74) is -1.58. The molecule has 13 heteroatoms. The van der Waals surface area contributed by atoms with Crippen LogP contribution in [0.25, 0.3) is 0 Å². The number of H-pyrrole nitrogens is 1. The molecule has 2 aliphatic rings. The van der Waals surface area contributed by atoms with Crippen molar-refractivity contribution in [1.29, 1.82) is 0 Å². The summed E-state index contributed by atoms with van der Waals surface area (Å²) in [4.78, 5) is 37.6. The summed E-state index contributed by atoms with van der Waals surface area (Å²) in [7, 11) is 0. The lowest BCUT2D eigenvalue weighted by Crippen LogP contribution is -2.49. The van der Waals surface area contributed by atoms with E-state index in [1.807, 2.05) is 4.98 Å². The number of rotatable bonds is 14. The standard InChI is InChI=1S/C27H41N3O10/c1-2-3-4-5-6-7-8-9-10-11-19(32)28-16-15-39-18(22(35)21(16)34)14-17(31)25-23(36)24(37)26(40-25)30-13-12-20(33)29-27(30)38/h10-13,15,17-18,21-26,31,34-37H,2-9,14H2,1H3,(H,28,32)(H,29,33,38)/b11-10+. The molecule has 0 spiro atoms. The van der Waals surface area contributed by atoms with Crippen LogP contribution in [0.3, 0.4) is 0 Å². The largest absolute Gasteiger partial charge is 0.493 e. The third-order valence-corrected chi connectivity index (χ3v) is 7.16. The topological polar surface area (TPSA) is 204 Å². The Morgan fingerprint density at radius 3 is 2.48 bits per heavy atom. The van der Waals surface area contributed by atoms with Crippen molar-refractivity contribution in [1.82, 2.24) is 14.9 Å². The van der Waals surface area contributed by atoms with Crippen LogP contribution in [0.15, 0.2) is 46.0 Å². The monoisotopic (exact) mass is 567 g/mol. The fraction of sp³-hybridized carbons (Fsp3) is 0.667. The molecular weight excluding hydrogens is 526 g/mol. The van der Waals surface area contributed by atoms with Crippen LogP contribution in [-0.2, 0) is 14.3 Å². The SMILES string of the molecule is CCCCCCCCC/C=C/C(=O)NC1=COC(CC(O)C2OC(n3ccc(=O)[nH]c3=O)C(O)C2O)C(O)C1O. The van der Waals surface area contributed by atoms with E-state index in [1.54, 1.807) is 6.08 Å². The Balaban J connectivity index is 1.48. The number of aliphatic hydroxyl groups is 5. The van der Waals surface area contributed by atoms with Gasteiger partial charge in [0.05, 0.1) is 11.8 Å². The van der Waals surface area contributed by atoms with Crippen LogP contribution in [-0.4, -0.2) is 83.7 Å². The molecular formula is C27H41N3O10. The molecule has 0 saturated carbocycles. The highest BCUT2D eigenvalue weighted by molar-refractivity contribution is 5.88. The van der Waals surface area contributed by atoms with Crippen molar-refractivity contribution in [2.45, 2.75) is 114 Å². The smallest absolute Gasteiger partial charge is 0.330 e. The number of aliphatic hydroxyl groups excluding tert-OH is 5. The summed E-state index contributed by atoms with van der Waals surface area (Å²) in [6.45, 7) is 2.18. The van der Waals surface area contributed by atoms with E-state index in [1.165, 1.54) is 38.2 Å². The number of hydrogen-bond acceptors (Lipinski definition) is 10. The first kappa shape index (κ1) is 31.7. The van der Waals surface area contributed by atoms with Gasteiger partial charge in [-0.1, -0.05) is 51.5 Å². The number of nitrogens with one attached hydrogen (secondary N) is 2. The summed E-state index contributed by atoms with van der Waals surface area (Å²) in [6, 6.07) is 1.04. The number of amides is 1. The van der Waals surface area contributed by atoms with Gasteiger partial charge in [0.2, 0.25) is 5.91 Å². The van der Waals surface area contributed by atoms with Crippen molar-refractivity contribution in [3.8, 4) is 0 Å². The predicted octanol–water partition coefficient (Wildman–Crippen LogP) is -0.318. The number of unbranched alkanes of at least 4 members (excludes halogenated alkanes) is 7. The summed E-state index contributed by atoms with van der Waals surface area (Å²) in [5, 5.41) is 55.0. The Kier molecular flexibility index (Phi) is 12.1. The highest BCUT2D eigenvalue weighted by atomic mass is 16.6. The number of nitrogens with zero attached hydrogens (tertiary/aromatic N) is 1. The molecule has 0 aromatic carbocycles. The third-order valence-electron chi connectivity index (χ3n) is 7.16. The van der Waals surface area contributed by atoms with Gasteiger partial charge in [0.1, 0.15) is 42.9 Å². The highest BCUT2D eigenvalue weighted by Gasteiger charge is 2.48. The van der Waals surface area contributed by atoms with E-state index in [9.17, 15) is 39.9 Å². The average molecular weight is 568 g/mol. The Labute approximate surface area is 231 Å². The molecule has 8 unspecified atom stereocenters. The van der Waals surface area contributed by atoms with Crippen molar-refractivity contribution in [2.24, 2.45) is 0 Å². The van der Waals surface area contributed by atoms with Crippen LogP contribution < -0.4 is 16.6 Å². The minimum absolute atomic E-state index is 0.0473. The molecule has 8 atom stereocenters. The van der Waals surface area contributed by atoms with E-state index < -0.39 is 66.1 Å². The number of carbonyl (C=O) groups excluding carboxylic acids is 1. The number of hydrogen-bond donors (Lipinski definition) is 7. The molecule has 0 bridgehead atoms. The second-order valence-electron chi connectivity index (χ2n) is 10.3. The maximum absolute atomic E-state index is 12.2. The predicted molar refractivity (Wildman–Crippen MR) is 143 cm³/mol. The molecule has 13 nitrogen and oxygen atoms in total. The quantitative estimate of drug-likeness (QED) is 0.115. The van der Waals surface area contributed by atoms with Crippen LogP contribution in [0.2, 0.25) is 0 Å². The van der Waals surface area contributed by atoms with Gasteiger partial charge in [-0.3, -0.25) is 19.1 Å². The van der Waals surface area contributed by atoms with Gasteiger partial charge in [-0.15, -0.1) is 0 Å². The van der Waals surface area contributed by atoms with Crippen LogP contribution >= 0.6 is 0 Å². The summed E-state index contributed by atoms with van der Waals surface area (Å²) in [6.07, 6.45) is 2.26. The summed E-state index contributed by atoms with van der Waals surface area (Å²) in [5.74, 6) is -0.484. The molecule has 40 heavy (non-hydrogen) atoms. The molecule has 0 radical (unpaired) electrons. The Bertz CT molecular complexity index is 1130. The molecule has 1 amide bonds. The van der Waals surface area contributed by atoms with E-state index in [-0.39, 0.29) is 12.1 Å². The second kappa shape index (κ2) is 15.3. The van der Waals surface area contributed by atoms with Crippen LogP contribution in [0.1, 0.15) is 70.9 Å². The average Bonchev–Trinajstić information content (AvgIpc) is 3.21. The zero-order chi connectivity index (χ0) is 29.2. The second-order valence-corrected chi connectivity index (χ2v) is 10.3. The summed E-state index contributed by atoms with van der Waals surface area (Å²) < 4.78 is 11.8. The van der Waals surface area contributed by atoms with Crippen molar-refractivity contribution < 1.29 is 39.8 Å². The maximum atomic E-state index is 12.2. The van der Waals surface area contributed by atoms with Gasteiger partial charge in [-0.2, -0.15) is 0 Å². The Morgan fingerprint density at radius 1 is 1.07 bits per heavy atom. The first-order valence-electron chi connectivity index (χ1n) is 13.8. The molecule has 3 heterocycles. The molecule has 1 aromatic heterocycles. The van der Waals surface area contributed by atoms with Gasteiger partial charge in [-0.05, 0) is 18.9 Å². The molecule has 7 N–H and O–H groups in total. The van der Waals surface area contributed by atoms with Gasteiger partial charge >= 0.3 is 5.69 Å². The van der Waals surface area contributed by atoms with Crippen LogP contribution in [0.5, 0.6) is 0 Å². The van der Waals surface area contributed by atoms with E-state index in [0.717, 1.165) is 42.4 Å². The first-order valence-corrected chi connectivity index (χ1v) is 13.8. The normalized spacial score (nSPS) is 29.2. The number of aromatic amines is 1. The number of aromatic nitrogens is 2. The van der Waals surface area contributed by atoms with Gasteiger partial charge < -0.3 is 40.3 Å². The molecule has 2 aliphatic heterocycles. The third kappa shape index (κ3) is 8.35. The van der Waals surface area contributed by atoms with E-state index in [2.05, 4.69) is 12.2 Å². The highest BCUT2D eigenvalue weighted by Crippen LogP contribution is 2.32. The number of allylic oxidation sites excluding steroid dienone is 1.